The summed E-state index contributed by atoms with van der Waals surface area (Å²) in [5, 5.41) is 7.45. The summed E-state index contributed by atoms with van der Waals surface area (Å²) in [5.41, 5.74) is 1.41. The number of halogens is 1. The summed E-state index contributed by atoms with van der Waals surface area (Å²) in [4.78, 5) is 14.0. The van der Waals surface area contributed by atoms with Crippen molar-refractivity contribution in [2.75, 3.05) is 33.3 Å². The van der Waals surface area contributed by atoms with E-state index in [0.29, 0.717) is 36.8 Å². The fourth-order valence-electron chi connectivity index (χ4n) is 5.03. The van der Waals surface area contributed by atoms with E-state index < -0.39 is 0 Å². The van der Waals surface area contributed by atoms with E-state index in [4.69, 9.17) is 9.26 Å². The zero-order valence-corrected chi connectivity index (χ0v) is 22.3. The van der Waals surface area contributed by atoms with Crippen molar-refractivity contribution in [1.82, 2.24) is 25.3 Å². The molecule has 3 heterocycles. The van der Waals surface area contributed by atoms with Crippen molar-refractivity contribution in [1.29, 1.82) is 0 Å². The molecule has 3 unspecified atom stereocenters. The van der Waals surface area contributed by atoms with Crippen LogP contribution in [0.25, 0.3) is 0 Å². The summed E-state index contributed by atoms with van der Waals surface area (Å²) in [6, 6.07) is 11.5. The number of hydrogen-bond acceptors (Lipinski definition) is 6. The molecule has 0 radical (unpaired) electrons. The van der Waals surface area contributed by atoms with Gasteiger partial charge >= 0.3 is 0 Å². The van der Waals surface area contributed by atoms with Crippen LogP contribution in [0.2, 0.25) is 0 Å². The normalized spacial score (nSPS) is 22.4. The quantitative estimate of drug-likeness (QED) is 0.309. The van der Waals surface area contributed by atoms with Gasteiger partial charge < -0.3 is 19.5 Å². The Kier molecular flexibility index (Phi) is 9.94. The molecule has 9 heteroatoms. The highest BCUT2D eigenvalue weighted by atomic mass is 127. The van der Waals surface area contributed by atoms with Crippen LogP contribution in [0, 0.1) is 5.92 Å². The Labute approximate surface area is 214 Å². The Bertz CT molecular complexity index is 877. The van der Waals surface area contributed by atoms with Gasteiger partial charge in [0.15, 0.2) is 11.8 Å². The summed E-state index contributed by atoms with van der Waals surface area (Å²) in [6.45, 7) is 9.25. The van der Waals surface area contributed by atoms with Crippen molar-refractivity contribution in [3.05, 3.63) is 47.6 Å². The lowest BCUT2D eigenvalue weighted by Crippen LogP contribution is -2.56. The number of benzene rings is 1. The molecule has 2 saturated heterocycles. The lowest BCUT2D eigenvalue weighted by atomic mass is 9.83. The molecule has 1 N–H and O–H groups in total. The summed E-state index contributed by atoms with van der Waals surface area (Å²) < 4.78 is 10.9. The SMILES string of the molecule is CCOC(C)c1noc(CNC(=NC)N2CCC3C(CCCN3Cc3ccccc3)C2)n1.I. The molecule has 2 aromatic rings. The standard InChI is InChI=1S/C24H36N6O2.HI/c1-4-31-18(2)23-27-22(32-28-23)15-26-24(25-3)30-14-12-21-20(17-30)11-8-13-29(21)16-19-9-6-5-7-10-19;/h5-7,9-10,18,20-21H,4,8,11-17H2,1-3H3,(H,25,26);1H. The van der Waals surface area contributed by atoms with Gasteiger partial charge in [-0.2, -0.15) is 4.98 Å². The van der Waals surface area contributed by atoms with Crippen LogP contribution in [0.3, 0.4) is 0 Å². The number of guanidine groups is 1. The van der Waals surface area contributed by atoms with Crippen molar-refractivity contribution >= 4 is 29.9 Å². The highest BCUT2D eigenvalue weighted by Gasteiger charge is 2.36. The van der Waals surface area contributed by atoms with Crippen molar-refractivity contribution in [2.24, 2.45) is 10.9 Å². The molecular formula is C24H37IN6O2. The minimum Gasteiger partial charge on any atom is -0.371 e. The van der Waals surface area contributed by atoms with Crippen LogP contribution >= 0.6 is 24.0 Å². The van der Waals surface area contributed by atoms with Crippen LogP contribution in [0.4, 0.5) is 0 Å². The van der Waals surface area contributed by atoms with Crippen LogP contribution in [0.15, 0.2) is 39.8 Å². The molecule has 8 nitrogen and oxygen atoms in total. The second-order valence-corrected chi connectivity index (χ2v) is 8.71. The minimum absolute atomic E-state index is 0. The highest BCUT2D eigenvalue weighted by molar-refractivity contribution is 14.0. The van der Waals surface area contributed by atoms with E-state index >= 15 is 0 Å². The largest absolute Gasteiger partial charge is 0.371 e. The van der Waals surface area contributed by atoms with Crippen molar-refractivity contribution in [3.8, 4) is 0 Å². The van der Waals surface area contributed by atoms with Gasteiger partial charge in [-0.3, -0.25) is 9.89 Å². The molecule has 0 saturated carbocycles. The van der Waals surface area contributed by atoms with E-state index in [1.807, 2.05) is 20.9 Å². The van der Waals surface area contributed by atoms with E-state index in [1.165, 1.54) is 24.9 Å². The molecule has 0 spiro atoms. The maximum atomic E-state index is 5.54. The summed E-state index contributed by atoms with van der Waals surface area (Å²) >= 11 is 0. The van der Waals surface area contributed by atoms with Crippen molar-refractivity contribution in [3.63, 3.8) is 0 Å². The van der Waals surface area contributed by atoms with Gasteiger partial charge in [0.1, 0.15) is 6.10 Å². The van der Waals surface area contributed by atoms with Crippen LogP contribution in [-0.2, 0) is 17.8 Å². The third-order valence-electron chi connectivity index (χ3n) is 6.58. The molecule has 0 aliphatic carbocycles. The lowest BCUT2D eigenvalue weighted by Gasteiger charge is -2.48. The van der Waals surface area contributed by atoms with E-state index in [9.17, 15) is 0 Å². The number of nitrogens with one attached hydrogen (secondary N) is 1. The number of ether oxygens (including phenoxy) is 1. The van der Waals surface area contributed by atoms with E-state index in [1.54, 1.807) is 0 Å². The Morgan fingerprint density at radius 1 is 1.27 bits per heavy atom. The molecule has 182 valence electrons. The Morgan fingerprint density at radius 3 is 2.85 bits per heavy atom. The summed E-state index contributed by atoms with van der Waals surface area (Å²) in [5.74, 6) is 2.71. The van der Waals surface area contributed by atoms with E-state index in [-0.39, 0.29) is 30.1 Å². The predicted molar refractivity (Wildman–Crippen MR) is 140 cm³/mol. The predicted octanol–water partition coefficient (Wildman–Crippen LogP) is 3.85. The average molecular weight is 569 g/mol. The first-order valence-electron chi connectivity index (χ1n) is 11.9. The topological polar surface area (TPSA) is 79.0 Å². The number of piperidine rings is 2. The Balaban J connectivity index is 0.00000306. The van der Waals surface area contributed by atoms with E-state index in [2.05, 4.69) is 60.6 Å². The van der Waals surface area contributed by atoms with Gasteiger partial charge in [0.25, 0.3) is 0 Å². The first-order valence-corrected chi connectivity index (χ1v) is 11.9. The Morgan fingerprint density at radius 2 is 2.09 bits per heavy atom. The number of hydrogen-bond donors (Lipinski definition) is 1. The molecule has 2 fully saturated rings. The van der Waals surface area contributed by atoms with Crippen LogP contribution in [0.5, 0.6) is 0 Å². The number of rotatable bonds is 7. The average Bonchev–Trinajstić information content (AvgIpc) is 3.30. The highest BCUT2D eigenvalue weighted by Crippen LogP contribution is 2.31. The van der Waals surface area contributed by atoms with Crippen molar-refractivity contribution < 1.29 is 9.26 Å². The van der Waals surface area contributed by atoms with Gasteiger partial charge in [-0.05, 0) is 51.1 Å². The Hall–Kier alpha value is -1.72. The number of aromatic nitrogens is 2. The number of fused-ring (bicyclic) bond motifs is 1. The zero-order valence-electron chi connectivity index (χ0n) is 19.9. The van der Waals surface area contributed by atoms with Gasteiger partial charge in [0.2, 0.25) is 5.89 Å². The maximum absolute atomic E-state index is 5.54. The summed E-state index contributed by atoms with van der Waals surface area (Å²) in [6.07, 6.45) is 3.54. The van der Waals surface area contributed by atoms with Crippen LogP contribution < -0.4 is 5.32 Å². The molecule has 2 aliphatic heterocycles. The second-order valence-electron chi connectivity index (χ2n) is 8.71. The third-order valence-corrected chi connectivity index (χ3v) is 6.58. The van der Waals surface area contributed by atoms with Crippen LogP contribution in [0.1, 0.15) is 56.5 Å². The maximum Gasteiger partial charge on any atom is 0.246 e. The van der Waals surface area contributed by atoms with E-state index in [0.717, 1.165) is 32.0 Å². The molecular weight excluding hydrogens is 531 g/mol. The fraction of sp³-hybridized carbons (Fsp3) is 0.625. The first-order chi connectivity index (χ1) is 15.7. The van der Waals surface area contributed by atoms with Gasteiger partial charge in [-0.1, -0.05) is 35.5 Å². The summed E-state index contributed by atoms with van der Waals surface area (Å²) in [7, 11) is 1.84. The monoisotopic (exact) mass is 568 g/mol. The van der Waals surface area contributed by atoms with Gasteiger partial charge in [0.05, 0.1) is 6.54 Å². The molecule has 33 heavy (non-hydrogen) atoms. The zero-order chi connectivity index (χ0) is 22.3. The molecule has 2 aliphatic rings. The van der Waals surface area contributed by atoms with Gasteiger partial charge in [0, 0.05) is 39.3 Å². The molecule has 3 atom stereocenters. The minimum atomic E-state index is -0.166. The lowest BCUT2D eigenvalue weighted by molar-refractivity contribution is 0.0372. The van der Waals surface area contributed by atoms with Crippen LogP contribution in [-0.4, -0.2) is 65.2 Å². The first kappa shape index (κ1) is 25.9. The smallest absolute Gasteiger partial charge is 0.246 e. The van der Waals surface area contributed by atoms with Crippen molar-refractivity contribution in [2.45, 2.75) is 58.3 Å². The van der Waals surface area contributed by atoms with Gasteiger partial charge in [-0.25, -0.2) is 0 Å². The number of nitrogens with zero attached hydrogens (tertiary/aromatic N) is 5. The number of likely N-dealkylation sites (tertiary alicyclic amines) is 2. The molecule has 1 aromatic heterocycles. The molecule has 1 aromatic carbocycles. The number of aliphatic imine (C=N–C) groups is 1. The molecule has 0 amide bonds. The van der Waals surface area contributed by atoms with Gasteiger partial charge in [-0.15, -0.1) is 24.0 Å². The fourth-order valence-corrected chi connectivity index (χ4v) is 5.03. The second kappa shape index (κ2) is 12.7. The third kappa shape index (κ3) is 6.66. The molecule has 0 bridgehead atoms. The molecule has 4 rings (SSSR count).